The van der Waals surface area contributed by atoms with Gasteiger partial charge in [-0.2, -0.15) is 0 Å². The van der Waals surface area contributed by atoms with E-state index in [0.29, 0.717) is 18.0 Å². The number of carbonyl (C=O) groups is 1. The van der Waals surface area contributed by atoms with Crippen molar-refractivity contribution >= 4 is 5.97 Å². The third-order valence-corrected chi connectivity index (χ3v) is 3.22. The number of ether oxygens (including phenoxy) is 3. The van der Waals surface area contributed by atoms with Crippen molar-refractivity contribution < 1.29 is 19.0 Å². The van der Waals surface area contributed by atoms with Gasteiger partial charge >= 0.3 is 5.97 Å². The molecule has 0 saturated carbocycles. The first kappa shape index (κ1) is 13.7. The molecule has 0 saturated heterocycles. The second-order valence-corrected chi connectivity index (χ2v) is 4.70. The van der Waals surface area contributed by atoms with E-state index in [9.17, 15) is 4.79 Å². The Labute approximate surface area is 113 Å². The Hall–Kier alpha value is -1.75. The lowest BCUT2D eigenvalue weighted by atomic mass is 9.96. The number of hydrogen-bond donors (Lipinski definition) is 0. The minimum atomic E-state index is -0.277. The lowest BCUT2D eigenvalue weighted by molar-refractivity contribution is -0.148. The molecule has 0 bridgehead atoms. The van der Waals surface area contributed by atoms with Crippen LogP contribution >= 0.6 is 0 Å². The predicted octanol–water partition coefficient (Wildman–Crippen LogP) is 1.75. The fourth-order valence-corrected chi connectivity index (χ4v) is 2.41. The lowest BCUT2D eigenvalue weighted by Crippen LogP contribution is -2.32. The van der Waals surface area contributed by atoms with Crippen molar-refractivity contribution in [2.75, 3.05) is 27.8 Å². The van der Waals surface area contributed by atoms with Crippen LogP contribution in [0.15, 0.2) is 12.1 Å². The maximum absolute atomic E-state index is 11.2. The molecule has 5 heteroatoms. The normalized spacial score (nSPS) is 18.6. The van der Waals surface area contributed by atoms with Crippen molar-refractivity contribution in [2.45, 2.75) is 19.6 Å². The van der Waals surface area contributed by atoms with Gasteiger partial charge in [0.2, 0.25) is 0 Å². The molecule has 0 spiro atoms. The first-order chi connectivity index (χ1) is 9.05. The second-order valence-electron chi connectivity index (χ2n) is 4.70. The SMILES string of the molecule is COc1cc2c(cc1OC)C(OC(C)=O)CN(C)C2. The Balaban J connectivity index is 2.44. The molecule has 1 aliphatic heterocycles. The lowest BCUT2D eigenvalue weighted by Gasteiger charge is -2.32. The minimum absolute atomic E-state index is 0.258. The standard InChI is InChI=1S/C14H19NO4/c1-9(16)19-14-8-15(2)7-10-5-12(17-3)13(18-4)6-11(10)14/h5-6,14H,7-8H2,1-4H3. The summed E-state index contributed by atoms with van der Waals surface area (Å²) < 4.78 is 16.0. The number of carbonyl (C=O) groups excluding carboxylic acids is 1. The Morgan fingerprint density at radius 1 is 1.26 bits per heavy atom. The first-order valence-corrected chi connectivity index (χ1v) is 6.15. The van der Waals surface area contributed by atoms with E-state index < -0.39 is 0 Å². The molecule has 0 aliphatic carbocycles. The zero-order chi connectivity index (χ0) is 14.0. The van der Waals surface area contributed by atoms with Gasteiger partial charge in [0.25, 0.3) is 0 Å². The fraction of sp³-hybridized carbons (Fsp3) is 0.500. The van der Waals surface area contributed by atoms with Gasteiger partial charge in [-0.25, -0.2) is 0 Å². The van der Waals surface area contributed by atoms with Crippen LogP contribution < -0.4 is 9.47 Å². The van der Waals surface area contributed by atoms with E-state index in [0.717, 1.165) is 17.7 Å². The second kappa shape index (κ2) is 5.48. The number of rotatable bonds is 3. The summed E-state index contributed by atoms with van der Waals surface area (Å²) in [4.78, 5) is 13.3. The highest BCUT2D eigenvalue weighted by atomic mass is 16.5. The van der Waals surface area contributed by atoms with Crippen molar-refractivity contribution in [3.8, 4) is 11.5 Å². The number of methoxy groups -OCH3 is 2. The molecule has 104 valence electrons. The van der Waals surface area contributed by atoms with Crippen molar-refractivity contribution in [3.63, 3.8) is 0 Å². The average Bonchev–Trinajstić information content (AvgIpc) is 2.36. The third-order valence-electron chi connectivity index (χ3n) is 3.22. The van der Waals surface area contributed by atoms with Crippen LogP contribution in [0.2, 0.25) is 0 Å². The molecule has 5 nitrogen and oxygen atoms in total. The van der Waals surface area contributed by atoms with Crippen LogP contribution in [0.25, 0.3) is 0 Å². The van der Waals surface area contributed by atoms with Gasteiger partial charge in [0.1, 0.15) is 6.10 Å². The molecule has 1 heterocycles. The quantitative estimate of drug-likeness (QED) is 0.779. The van der Waals surface area contributed by atoms with E-state index in [-0.39, 0.29) is 12.1 Å². The Bertz CT molecular complexity index is 487. The summed E-state index contributed by atoms with van der Waals surface area (Å²) in [6.07, 6.45) is -0.258. The van der Waals surface area contributed by atoms with Crippen LogP contribution in [0, 0.1) is 0 Å². The summed E-state index contributed by atoms with van der Waals surface area (Å²) >= 11 is 0. The molecule has 0 radical (unpaired) electrons. The monoisotopic (exact) mass is 265 g/mol. The van der Waals surface area contributed by atoms with Crippen LogP contribution in [0.1, 0.15) is 24.2 Å². The molecule has 19 heavy (non-hydrogen) atoms. The van der Waals surface area contributed by atoms with E-state index in [2.05, 4.69) is 4.90 Å². The van der Waals surface area contributed by atoms with Crippen LogP contribution in [0.4, 0.5) is 0 Å². The Kier molecular flexibility index (Phi) is 3.95. The van der Waals surface area contributed by atoms with Gasteiger partial charge in [0, 0.05) is 25.6 Å². The maximum Gasteiger partial charge on any atom is 0.303 e. The summed E-state index contributed by atoms with van der Waals surface area (Å²) in [6, 6.07) is 3.84. The molecule has 0 N–H and O–H groups in total. The topological polar surface area (TPSA) is 48.0 Å². The number of nitrogens with zero attached hydrogens (tertiary/aromatic N) is 1. The molecule has 1 unspecified atom stereocenters. The van der Waals surface area contributed by atoms with E-state index in [1.807, 2.05) is 19.2 Å². The molecule has 1 aromatic carbocycles. The van der Waals surface area contributed by atoms with Gasteiger partial charge in [-0.05, 0) is 24.7 Å². The van der Waals surface area contributed by atoms with E-state index in [1.54, 1.807) is 14.2 Å². The summed E-state index contributed by atoms with van der Waals surface area (Å²) in [6.45, 7) is 2.91. The largest absolute Gasteiger partial charge is 0.493 e. The summed E-state index contributed by atoms with van der Waals surface area (Å²) in [5.41, 5.74) is 2.09. The predicted molar refractivity (Wildman–Crippen MR) is 70.4 cm³/mol. The molecule has 0 fully saturated rings. The molecule has 1 aromatic rings. The van der Waals surface area contributed by atoms with Crippen molar-refractivity contribution in [1.82, 2.24) is 4.90 Å². The number of likely N-dealkylation sites (N-methyl/N-ethyl adjacent to an activating group) is 1. The van der Waals surface area contributed by atoms with Crippen LogP contribution in [0.3, 0.4) is 0 Å². The fourth-order valence-electron chi connectivity index (χ4n) is 2.41. The highest BCUT2D eigenvalue weighted by molar-refractivity contribution is 5.66. The summed E-state index contributed by atoms with van der Waals surface area (Å²) in [7, 11) is 5.20. The average molecular weight is 265 g/mol. The minimum Gasteiger partial charge on any atom is -0.493 e. The number of esters is 1. The highest BCUT2D eigenvalue weighted by Gasteiger charge is 2.27. The van der Waals surface area contributed by atoms with Gasteiger partial charge in [0.15, 0.2) is 11.5 Å². The number of benzene rings is 1. The zero-order valence-corrected chi connectivity index (χ0v) is 11.7. The van der Waals surface area contributed by atoms with Crippen LogP contribution in [-0.4, -0.2) is 38.7 Å². The van der Waals surface area contributed by atoms with E-state index in [4.69, 9.17) is 14.2 Å². The Morgan fingerprint density at radius 3 is 2.47 bits per heavy atom. The highest BCUT2D eigenvalue weighted by Crippen LogP contribution is 2.37. The van der Waals surface area contributed by atoms with Gasteiger partial charge in [0.05, 0.1) is 14.2 Å². The first-order valence-electron chi connectivity index (χ1n) is 6.15. The molecule has 1 atom stereocenters. The number of fused-ring (bicyclic) bond motifs is 1. The van der Waals surface area contributed by atoms with E-state index in [1.165, 1.54) is 6.92 Å². The molecule has 0 aromatic heterocycles. The maximum atomic E-state index is 11.2. The van der Waals surface area contributed by atoms with Gasteiger partial charge in [-0.3, -0.25) is 9.69 Å². The smallest absolute Gasteiger partial charge is 0.303 e. The van der Waals surface area contributed by atoms with Crippen LogP contribution in [-0.2, 0) is 16.1 Å². The number of hydrogen-bond acceptors (Lipinski definition) is 5. The molecule has 2 rings (SSSR count). The van der Waals surface area contributed by atoms with Crippen molar-refractivity contribution in [3.05, 3.63) is 23.3 Å². The molecular formula is C14H19NO4. The van der Waals surface area contributed by atoms with Crippen LogP contribution in [0.5, 0.6) is 11.5 Å². The summed E-state index contributed by atoms with van der Waals surface area (Å²) in [5, 5.41) is 0. The van der Waals surface area contributed by atoms with Gasteiger partial charge < -0.3 is 14.2 Å². The van der Waals surface area contributed by atoms with Crippen molar-refractivity contribution in [2.24, 2.45) is 0 Å². The van der Waals surface area contributed by atoms with Gasteiger partial charge in [-0.1, -0.05) is 0 Å². The Morgan fingerprint density at radius 2 is 1.89 bits per heavy atom. The molecule has 1 aliphatic rings. The third kappa shape index (κ3) is 2.81. The molecular weight excluding hydrogens is 246 g/mol. The van der Waals surface area contributed by atoms with E-state index >= 15 is 0 Å². The molecule has 0 amide bonds. The summed E-state index contributed by atoms with van der Waals surface area (Å²) in [5.74, 6) is 1.07. The van der Waals surface area contributed by atoms with Gasteiger partial charge in [-0.15, -0.1) is 0 Å². The van der Waals surface area contributed by atoms with Crippen molar-refractivity contribution in [1.29, 1.82) is 0 Å². The zero-order valence-electron chi connectivity index (χ0n) is 11.7.